The largest absolute Gasteiger partial charge is 0.342 e. The van der Waals surface area contributed by atoms with E-state index in [0.717, 1.165) is 59.8 Å². The predicted molar refractivity (Wildman–Crippen MR) is 116 cm³/mol. The van der Waals surface area contributed by atoms with Crippen molar-refractivity contribution in [2.75, 3.05) is 13.1 Å². The highest BCUT2D eigenvalue weighted by atomic mass is 16.2. The molecule has 0 atom stereocenters. The van der Waals surface area contributed by atoms with Gasteiger partial charge in [-0.05, 0) is 43.0 Å². The van der Waals surface area contributed by atoms with Crippen molar-refractivity contribution in [3.8, 4) is 11.3 Å². The molecule has 158 valence electrons. The number of benzene rings is 1. The highest BCUT2D eigenvalue weighted by molar-refractivity contribution is 5.79. The van der Waals surface area contributed by atoms with Gasteiger partial charge in [0.1, 0.15) is 0 Å². The third kappa shape index (κ3) is 3.81. The van der Waals surface area contributed by atoms with E-state index in [1.54, 1.807) is 10.9 Å². The summed E-state index contributed by atoms with van der Waals surface area (Å²) in [7, 11) is 1.89. The summed E-state index contributed by atoms with van der Waals surface area (Å²) in [6, 6.07) is 12.0. The Bertz CT molecular complexity index is 1230. The Morgan fingerprint density at radius 2 is 1.90 bits per heavy atom. The molecule has 3 aromatic heterocycles. The molecule has 0 aliphatic carbocycles. The first-order chi connectivity index (χ1) is 15.1. The second kappa shape index (κ2) is 7.94. The van der Waals surface area contributed by atoms with E-state index in [-0.39, 0.29) is 11.8 Å². The average molecular weight is 416 g/mol. The molecular formula is C23H25N7O. The molecule has 0 unspecified atom stereocenters. The molecule has 8 nitrogen and oxygen atoms in total. The number of carbonyl (C=O) groups excluding carboxylic acids is 1. The molecule has 1 fully saturated rings. The number of hydrogen-bond acceptors (Lipinski definition) is 5. The second-order valence-corrected chi connectivity index (χ2v) is 8.21. The van der Waals surface area contributed by atoms with Gasteiger partial charge in [0.05, 0.1) is 18.3 Å². The molecular weight excluding hydrogens is 390 g/mol. The number of nitrogens with zero attached hydrogens (tertiary/aromatic N) is 7. The van der Waals surface area contributed by atoms with E-state index in [2.05, 4.69) is 28.3 Å². The number of amides is 1. The number of aryl methyl sites for hydroxylation is 2. The van der Waals surface area contributed by atoms with Crippen molar-refractivity contribution in [1.82, 2.24) is 34.5 Å². The molecule has 0 N–H and O–H groups in total. The van der Waals surface area contributed by atoms with Gasteiger partial charge in [-0.2, -0.15) is 14.7 Å². The first-order valence-corrected chi connectivity index (χ1v) is 10.6. The molecule has 31 heavy (non-hydrogen) atoms. The van der Waals surface area contributed by atoms with Gasteiger partial charge in [-0.3, -0.25) is 9.48 Å². The van der Waals surface area contributed by atoms with Crippen LogP contribution in [0.2, 0.25) is 0 Å². The van der Waals surface area contributed by atoms with Crippen LogP contribution in [0.4, 0.5) is 0 Å². The van der Waals surface area contributed by atoms with E-state index < -0.39 is 0 Å². The van der Waals surface area contributed by atoms with Crippen LogP contribution in [0, 0.1) is 6.92 Å². The van der Waals surface area contributed by atoms with Crippen molar-refractivity contribution in [2.24, 2.45) is 7.05 Å². The number of aromatic nitrogens is 6. The quantitative estimate of drug-likeness (QED) is 0.512. The highest BCUT2D eigenvalue weighted by Gasteiger charge is 2.27. The SMILES string of the molecule is Cc1ccccc1CC(=O)N1CCC(c2nnc3ccc(-c4cnn(C)c4)nn23)CC1. The van der Waals surface area contributed by atoms with Crippen molar-refractivity contribution < 1.29 is 4.79 Å². The van der Waals surface area contributed by atoms with Crippen LogP contribution in [-0.2, 0) is 18.3 Å². The second-order valence-electron chi connectivity index (χ2n) is 8.21. The summed E-state index contributed by atoms with van der Waals surface area (Å²) in [6.07, 6.45) is 5.92. The van der Waals surface area contributed by atoms with E-state index in [1.807, 2.05) is 53.0 Å². The fourth-order valence-electron chi connectivity index (χ4n) is 4.24. The maximum absolute atomic E-state index is 12.8. The minimum absolute atomic E-state index is 0.191. The fourth-order valence-corrected chi connectivity index (χ4v) is 4.24. The van der Waals surface area contributed by atoms with Gasteiger partial charge in [-0.25, -0.2) is 0 Å². The summed E-state index contributed by atoms with van der Waals surface area (Å²) < 4.78 is 3.61. The predicted octanol–water partition coefficient (Wildman–Crippen LogP) is 2.78. The lowest BCUT2D eigenvalue weighted by molar-refractivity contribution is -0.131. The van der Waals surface area contributed by atoms with E-state index >= 15 is 0 Å². The van der Waals surface area contributed by atoms with Gasteiger partial charge >= 0.3 is 0 Å². The molecule has 0 spiro atoms. The summed E-state index contributed by atoms with van der Waals surface area (Å²) >= 11 is 0. The number of fused-ring (bicyclic) bond motifs is 1. The zero-order valence-corrected chi connectivity index (χ0v) is 17.8. The zero-order chi connectivity index (χ0) is 21.4. The maximum atomic E-state index is 12.8. The first kappa shape index (κ1) is 19.4. The molecule has 1 aliphatic rings. The molecule has 0 bridgehead atoms. The van der Waals surface area contributed by atoms with Gasteiger partial charge in [0, 0.05) is 37.8 Å². The van der Waals surface area contributed by atoms with Crippen LogP contribution < -0.4 is 0 Å². The monoisotopic (exact) mass is 415 g/mol. The van der Waals surface area contributed by atoms with Crippen LogP contribution in [0.15, 0.2) is 48.8 Å². The van der Waals surface area contributed by atoms with Crippen LogP contribution in [0.1, 0.15) is 35.7 Å². The van der Waals surface area contributed by atoms with E-state index in [9.17, 15) is 4.79 Å². The van der Waals surface area contributed by atoms with E-state index in [4.69, 9.17) is 5.10 Å². The van der Waals surface area contributed by atoms with Gasteiger partial charge in [0.25, 0.3) is 0 Å². The van der Waals surface area contributed by atoms with Crippen molar-refractivity contribution in [3.05, 3.63) is 65.7 Å². The summed E-state index contributed by atoms with van der Waals surface area (Å²) in [5.41, 5.74) is 4.80. The van der Waals surface area contributed by atoms with Crippen LogP contribution >= 0.6 is 0 Å². The summed E-state index contributed by atoms with van der Waals surface area (Å²) in [5, 5.41) is 17.7. The number of hydrogen-bond donors (Lipinski definition) is 0. The molecule has 1 aromatic carbocycles. The Balaban J connectivity index is 1.30. The fraction of sp³-hybridized carbons (Fsp3) is 0.348. The Labute approximate surface area is 180 Å². The van der Waals surface area contributed by atoms with Crippen molar-refractivity contribution >= 4 is 11.6 Å². The normalized spacial score (nSPS) is 15.0. The van der Waals surface area contributed by atoms with Crippen molar-refractivity contribution in [2.45, 2.75) is 32.1 Å². The number of likely N-dealkylation sites (tertiary alicyclic amines) is 1. The summed E-state index contributed by atoms with van der Waals surface area (Å²) in [5.74, 6) is 1.29. The third-order valence-electron chi connectivity index (χ3n) is 6.10. The smallest absolute Gasteiger partial charge is 0.226 e. The minimum atomic E-state index is 0.191. The lowest BCUT2D eigenvalue weighted by atomic mass is 9.95. The first-order valence-electron chi connectivity index (χ1n) is 10.6. The molecule has 1 aliphatic heterocycles. The lowest BCUT2D eigenvalue weighted by Gasteiger charge is -2.31. The summed E-state index contributed by atoms with van der Waals surface area (Å²) in [4.78, 5) is 14.8. The van der Waals surface area contributed by atoms with Gasteiger partial charge < -0.3 is 4.90 Å². The maximum Gasteiger partial charge on any atom is 0.226 e. The average Bonchev–Trinajstić information content (AvgIpc) is 3.41. The van der Waals surface area contributed by atoms with Crippen molar-refractivity contribution in [3.63, 3.8) is 0 Å². The summed E-state index contributed by atoms with van der Waals surface area (Å²) in [6.45, 7) is 3.51. The molecule has 4 aromatic rings. The molecule has 0 saturated carbocycles. The van der Waals surface area contributed by atoms with E-state index in [1.165, 1.54) is 0 Å². The van der Waals surface area contributed by atoms with Crippen LogP contribution in [0.25, 0.3) is 16.9 Å². The van der Waals surface area contributed by atoms with Gasteiger partial charge in [-0.15, -0.1) is 10.2 Å². The minimum Gasteiger partial charge on any atom is -0.342 e. The number of carbonyl (C=O) groups is 1. The number of piperidine rings is 1. The molecule has 1 amide bonds. The highest BCUT2D eigenvalue weighted by Crippen LogP contribution is 2.28. The van der Waals surface area contributed by atoms with Gasteiger partial charge in [0.15, 0.2) is 11.5 Å². The molecule has 0 radical (unpaired) electrons. The lowest BCUT2D eigenvalue weighted by Crippen LogP contribution is -2.39. The van der Waals surface area contributed by atoms with E-state index in [0.29, 0.717) is 6.42 Å². The Hall–Kier alpha value is -3.55. The topological polar surface area (TPSA) is 81.2 Å². The Morgan fingerprint density at radius 1 is 1.10 bits per heavy atom. The van der Waals surface area contributed by atoms with Gasteiger partial charge in [0.2, 0.25) is 5.91 Å². The standard InChI is InChI=1S/C23H25N7O/c1-16-5-3-4-6-18(16)13-22(31)29-11-9-17(10-12-29)23-26-25-21-8-7-20(27-30(21)23)19-14-24-28(2)15-19/h3-8,14-15,17H,9-13H2,1-2H3. The molecule has 4 heterocycles. The Morgan fingerprint density at radius 3 is 2.65 bits per heavy atom. The zero-order valence-electron chi connectivity index (χ0n) is 17.8. The van der Waals surface area contributed by atoms with Gasteiger partial charge in [-0.1, -0.05) is 24.3 Å². The molecule has 1 saturated heterocycles. The molecule has 8 heteroatoms. The number of rotatable bonds is 4. The third-order valence-corrected chi connectivity index (χ3v) is 6.10. The van der Waals surface area contributed by atoms with Crippen LogP contribution in [0.3, 0.4) is 0 Å². The van der Waals surface area contributed by atoms with Crippen molar-refractivity contribution in [1.29, 1.82) is 0 Å². The Kier molecular flexibility index (Phi) is 4.97. The van der Waals surface area contributed by atoms with Crippen LogP contribution in [-0.4, -0.2) is 53.5 Å². The van der Waals surface area contributed by atoms with Crippen LogP contribution in [0.5, 0.6) is 0 Å². The molecule has 5 rings (SSSR count).